The van der Waals surface area contributed by atoms with Gasteiger partial charge >= 0.3 is 0 Å². The SMILES string of the molecule is C\C=C/C(=C\C=C\CCCCCC)NC. The molecule has 0 atom stereocenters. The molecule has 0 aliphatic heterocycles. The molecule has 0 rings (SSSR count). The highest BCUT2D eigenvalue weighted by atomic mass is 14.8. The molecule has 0 unspecified atom stereocenters. The van der Waals surface area contributed by atoms with Crippen molar-refractivity contribution < 1.29 is 0 Å². The molecule has 0 aromatic rings. The lowest BCUT2D eigenvalue weighted by Crippen LogP contribution is -2.01. The highest BCUT2D eigenvalue weighted by Crippen LogP contribution is 2.03. The molecule has 0 aromatic heterocycles. The molecule has 0 aromatic carbocycles. The van der Waals surface area contributed by atoms with Gasteiger partial charge in [-0.2, -0.15) is 0 Å². The van der Waals surface area contributed by atoms with E-state index in [2.05, 4.69) is 36.5 Å². The van der Waals surface area contributed by atoms with Crippen LogP contribution in [-0.4, -0.2) is 7.05 Å². The van der Waals surface area contributed by atoms with Crippen LogP contribution in [0.1, 0.15) is 46.0 Å². The first-order chi connectivity index (χ1) is 7.35. The van der Waals surface area contributed by atoms with Gasteiger partial charge in [0, 0.05) is 12.7 Å². The van der Waals surface area contributed by atoms with Crippen LogP contribution in [0.5, 0.6) is 0 Å². The fraction of sp³-hybridized carbons (Fsp3) is 0.571. The quantitative estimate of drug-likeness (QED) is 0.465. The van der Waals surface area contributed by atoms with Crippen molar-refractivity contribution in [3.8, 4) is 0 Å². The topological polar surface area (TPSA) is 12.0 Å². The Labute approximate surface area is 95.0 Å². The van der Waals surface area contributed by atoms with E-state index in [0.29, 0.717) is 0 Å². The van der Waals surface area contributed by atoms with Crippen molar-refractivity contribution in [1.82, 2.24) is 5.32 Å². The molecule has 1 N–H and O–H groups in total. The zero-order chi connectivity index (χ0) is 11.4. The van der Waals surface area contributed by atoms with E-state index in [-0.39, 0.29) is 0 Å². The van der Waals surface area contributed by atoms with Gasteiger partial charge in [-0.1, -0.05) is 44.4 Å². The average molecular weight is 207 g/mol. The lowest BCUT2D eigenvalue weighted by atomic mass is 10.1. The number of rotatable bonds is 8. The van der Waals surface area contributed by atoms with E-state index in [9.17, 15) is 0 Å². The van der Waals surface area contributed by atoms with Gasteiger partial charge < -0.3 is 5.32 Å². The third kappa shape index (κ3) is 9.33. The van der Waals surface area contributed by atoms with Crippen LogP contribution in [0.25, 0.3) is 0 Å². The maximum absolute atomic E-state index is 3.14. The standard InChI is InChI=1S/C14H25N/c1-4-6-7-8-9-10-11-13-14(15-3)12-5-2/h5,10-13,15H,4,6-9H2,1-3H3/b11-10+,12-5-,14-13+. The number of hydrogen-bond donors (Lipinski definition) is 1. The number of hydrogen-bond acceptors (Lipinski definition) is 1. The molecule has 0 saturated heterocycles. The van der Waals surface area contributed by atoms with Gasteiger partial charge in [0.2, 0.25) is 0 Å². The first-order valence-corrected chi connectivity index (χ1v) is 6.02. The van der Waals surface area contributed by atoms with Crippen molar-refractivity contribution in [2.45, 2.75) is 46.0 Å². The van der Waals surface area contributed by atoms with Crippen LogP contribution in [0, 0.1) is 0 Å². The summed E-state index contributed by atoms with van der Waals surface area (Å²) in [6.07, 6.45) is 17.2. The molecule has 0 aliphatic rings. The van der Waals surface area contributed by atoms with E-state index in [1.165, 1.54) is 32.1 Å². The molecule has 0 bridgehead atoms. The molecule has 0 aliphatic carbocycles. The Balaban J connectivity index is 3.66. The Hall–Kier alpha value is -0.980. The lowest BCUT2D eigenvalue weighted by Gasteiger charge is -1.97. The minimum Gasteiger partial charge on any atom is -0.388 e. The van der Waals surface area contributed by atoms with Gasteiger partial charge in [-0.3, -0.25) is 0 Å². The summed E-state index contributed by atoms with van der Waals surface area (Å²) in [6, 6.07) is 0. The largest absolute Gasteiger partial charge is 0.388 e. The number of nitrogens with one attached hydrogen (secondary N) is 1. The second-order valence-corrected chi connectivity index (χ2v) is 3.65. The van der Waals surface area contributed by atoms with Crippen LogP contribution >= 0.6 is 0 Å². The Morgan fingerprint density at radius 3 is 2.60 bits per heavy atom. The molecule has 15 heavy (non-hydrogen) atoms. The third-order valence-corrected chi connectivity index (χ3v) is 2.27. The van der Waals surface area contributed by atoms with Crippen LogP contribution in [-0.2, 0) is 0 Å². The molecular weight excluding hydrogens is 182 g/mol. The van der Waals surface area contributed by atoms with Gasteiger partial charge in [0.05, 0.1) is 0 Å². The molecule has 0 heterocycles. The molecule has 1 heteroatoms. The van der Waals surface area contributed by atoms with E-state index >= 15 is 0 Å². The minimum absolute atomic E-state index is 1.15. The Bertz CT molecular complexity index is 211. The second-order valence-electron chi connectivity index (χ2n) is 3.65. The van der Waals surface area contributed by atoms with E-state index in [0.717, 1.165) is 5.70 Å². The van der Waals surface area contributed by atoms with Gasteiger partial charge in [0.25, 0.3) is 0 Å². The smallest absolute Gasteiger partial charge is 0.0334 e. The first kappa shape index (κ1) is 14.0. The van der Waals surface area contributed by atoms with Crippen LogP contribution in [0.3, 0.4) is 0 Å². The van der Waals surface area contributed by atoms with Crippen LogP contribution in [0.4, 0.5) is 0 Å². The first-order valence-electron chi connectivity index (χ1n) is 6.02. The summed E-state index contributed by atoms with van der Waals surface area (Å²) in [6.45, 7) is 4.27. The zero-order valence-corrected chi connectivity index (χ0v) is 10.4. The zero-order valence-electron chi connectivity index (χ0n) is 10.4. The van der Waals surface area contributed by atoms with Crippen LogP contribution in [0.15, 0.2) is 36.1 Å². The normalized spacial score (nSPS) is 12.9. The molecular formula is C14H25N. The van der Waals surface area contributed by atoms with E-state index in [4.69, 9.17) is 0 Å². The van der Waals surface area contributed by atoms with Gasteiger partial charge in [-0.15, -0.1) is 0 Å². The van der Waals surface area contributed by atoms with Gasteiger partial charge in [0.15, 0.2) is 0 Å². The van der Waals surface area contributed by atoms with E-state index in [1.54, 1.807) is 0 Å². The Kier molecular flexibility index (Phi) is 10.4. The summed E-state index contributed by atoms with van der Waals surface area (Å²) in [4.78, 5) is 0. The molecule has 0 fully saturated rings. The Morgan fingerprint density at radius 1 is 1.20 bits per heavy atom. The van der Waals surface area contributed by atoms with Crippen molar-refractivity contribution in [2.75, 3.05) is 7.05 Å². The van der Waals surface area contributed by atoms with Gasteiger partial charge in [-0.25, -0.2) is 0 Å². The van der Waals surface area contributed by atoms with Crippen LogP contribution < -0.4 is 5.32 Å². The summed E-state index contributed by atoms with van der Waals surface area (Å²) in [5, 5.41) is 3.14. The molecule has 0 spiro atoms. The average Bonchev–Trinajstić information content (AvgIpc) is 2.26. The van der Waals surface area contributed by atoms with Gasteiger partial charge in [-0.05, 0) is 31.9 Å². The van der Waals surface area contributed by atoms with Crippen molar-refractivity contribution in [3.63, 3.8) is 0 Å². The summed E-state index contributed by atoms with van der Waals surface area (Å²) in [7, 11) is 1.95. The predicted octanol–water partition coefficient (Wildman–Crippen LogP) is 4.19. The van der Waals surface area contributed by atoms with E-state index < -0.39 is 0 Å². The second kappa shape index (κ2) is 11.1. The highest BCUT2D eigenvalue weighted by Gasteiger charge is 1.84. The summed E-state index contributed by atoms with van der Waals surface area (Å²) in [5.41, 5.74) is 1.15. The maximum Gasteiger partial charge on any atom is 0.0334 e. The summed E-state index contributed by atoms with van der Waals surface area (Å²) >= 11 is 0. The molecule has 0 radical (unpaired) electrons. The molecule has 0 amide bonds. The number of allylic oxidation sites excluding steroid dienone is 5. The van der Waals surface area contributed by atoms with Crippen molar-refractivity contribution in [3.05, 3.63) is 36.1 Å². The van der Waals surface area contributed by atoms with Crippen LogP contribution in [0.2, 0.25) is 0 Å². The predicted molar refractivity (Wildman–Crippen MR) is 69.9 cm³/mol. The fourth-order valence-corrected chi connectivity index (χ4v) is 1.36. The monoisotopic (exact) mass is 207 g/mol. The lowest BCUT2D eigenvalue weighted by molar-refractivity contribution is 0.674. The highest BCUT2D eigenvalue weighted by molar-refractivity contribution is 5.21. The molecule has 1 nitrogen and oxygen atoms in total. The summed E-state index contributed by atoms with van der Waals surface area (Å²) in [5.74, 6) is 0. The van der Waals surface area contributed by atoms with E-state index in [1.807, 2.05) is 20.0 Å². The maximum atomic E-state index is 3.14. The third-order valence-electron chi connectivity index (χ3n) is 2.27. The van der Waals surface area contributed by atoms with Crippen molar-refractivity contribution >= 4 is 0 Å². The van der Waals surface area contributed by atoms with Gasteiger partial charge in [0.1, 0.15) is 0 Å². The molecule has 0 saturated carbocycles. The minimum atomic E-state index is 1.15. The van der Waals surface area contributed by atoms with Crippen molar-refractivity contribution in [2.24, 2.45) is 0 Å². The van der Waals surface area contributed by atoms with Crippen molar-refractivity contribution in [1.29, 1.82) is 0 Å². The fourth-order valence-electron chi connectivity index (χ4n) is 1.36. The molecule has 86 valence electrons. The number of unbranched alkanes of at least 4 members (excludes halogenated alkanes) is 4. The Morgan fingerprint density at radius 2 is 2.00 bits per heavy atom. The summed E-state index contributed by atoms with van der Waals surface area (Å²) < 4.78 is 0. The number of likely N-dealkylation sites (N-methyl/N-ethyl adjacent to an activating group) is 1.